The first-order chi connectivity index (χ1) is 5.79. The van der Waals surface area contributed by atoms with Gasteiger partial charge in [0.25, 0.3) is 0 Å². The van der Waals surface area contributed by atoms with Crippen LogP contribution < -0.4 is 10.6 Å². The zero-order chi connectivity index (χ0) is 8.81. The van der Waals surface area contributed by atoms with Gasteiger partial charge in [-0.05, 0) is 53.0 Å². The first-order valence-electron chi connectivity index (χ1n) is 4.77. The van der Waals surface area contributed by atoms with Gasteiger partial charge < -0.3 is 4.90 Å². The first kappa shape index (κ1) is 9.96. The molecule has 3 heteroatoms. The van der Waals surface area contributed by atoms with Crippen molar-refractivity contribution in [2.75, 3.05) is 33.7 Å². The molecule has 1 rings (SSSR count). The summed E-state index contributed by atoms with van der Waals surface area (Å²) in [6.45, 7) is 3.46. The monoisotopic (exact) mass is 170 g/mol. The molecule has 0 saturated carbocycles. The molecule has 1 radical (unpaired) electrons. The normalized spacial score (nSPS) is 20.2. The van der Waals surface area contributed by atoms with Crippen LogP contribution in [-0.2, 0) is 0 Å². The molecule has 0 aliphatic carbocycles. The highest BCUT2D eigenvalue weighted by atomic mass is 15.1. The van der Waals surface area contributed by atoms with E-state index in [-0.39, 0.29) is 0 Å². The van der Waals surface area contributed by atoms with Gasteiger partial charge in [0.05, 0.1) is 0 Å². The third kappa shape index (κ3) is 4.04. The zero-order valence-corrected chi connectivity index (χ0v) is 8.19. The predicted octanol–water partition coefficient (Wildman–Crippen LogP) is 0.401. The van der Waals surface area contributed by atoms with Crippen molar-refractivity contribution in [3.63, 3.8) is 0 Å². The summed E-state index contributed by atoms with van der Waals surface area (Å²) in [6, 6.07) is 0. The van der Waals surface area contributed by atoms with E-state index in [1.807, 2.05) is 0 Å². The second-order valence-corrected chi connectivity index (χ2v) is 3.59. The number of rotatable bonds is 4. The summed E-state index contributed by atoms with van der Waals surface area (Å²) in [5.41, 5.74) is 0. The number of hydrogen-bond donors (Lipinski definition) is 2. The van der Waals surface area contributed by atoms with Gasteiger partial charge in [-0.1, -0.05) is 0 Å². The molecule has 0 spiro atoms. The Hall–Kier alpha value is -0.120. The van der Waals surface area contributed by atoms with Crippen LogP contribution >= 0.6 is 0 Å². The van der Waals surface area contributed by atoms with Gasteiger partial charge in [0.1, 0.15) is 6.17 Å². The van der Waals surface area contributed by atoms with Gasteiger partial charge in [-0.25, -0.2) is 0 Å². The van der Waals surface area contributed by atoms with Crippen molar-refractivity contribution in [2.45, 2.75) is 19.3 Å². The lowest BCUT2D eigenvalue weighted by Gasteiger charge is -2.24. The van der Waals surface area contributed by atoms with Crippen molar-refractivity contribution in [1.29, 1.82) is 0 Å². The van der Waals surface area contributed by atoms with Crippen LogP contribution in [0, 0.1) is 6.17 Å². The average molecular weight is 170 g/mol. The molecule has 1 heterocycles. The lowest BCUT2D eigenvalue weighted by atomic mass is 10.2. The van der Waals surface area contributed by atoms with Crippen LogP contribution in [0.2, 0.25) is 0 Å². The highest BCUT2D eigenvalue weighted by Crippen LogP contribution is 2.05. The molecule has 0 bridgehead atoms. The molecule has 0 aromatic rings. The second kappa shape index (κ2) is 5.51. The fraction of sp³-hybridized carbons (Fsp3) is 0.889. The average Bonchev–Trinajstić information content (AvgIpc) is 2.05. The second-order valence-electron chi connectivity index (χ2n) is 3.59. The molecule has 1 fully saturated rings. The van der Waals surface area contributed by atoms with Crippen LogP contribution in [0.25, 0.3) is 0 Å². The summed E-state index contributed by atoms with van der Waals surface area (Å²) in [4.78, 5) is 2.23. The van der Waals surface area contributed by atoms with E-state index in [9.17, 15) is 0 Å². The molecule has 1 aliphatic heterocycles. The predicted molar refractivity (Wildman–Crippen MR) is 51.7 cm³/mol. The van der Waals surface area contributed by atoms with Crippen LogP contribution in [0.4, 0.5) is 0 Å². The van der Waals surface area contributed by atoms with Crippen LogP contribution in [0.5, 0.6) is 0 Å². The molecular weight excluding hydrogens is 150 g/mol. The number of nitrogens with zero attached hydrogens (tertiary/aromatic N) is 1. The van der Waals surface area contributed by atoms with Crippen molar-refractivity contribution in [3.05, 3.63) is 6.17 Å². The number of hydrogen-bond acceptors (Lipinski definition) is 3. The van der Waals surface area contributed by atoms with Gasteiger partial charge in [-0.3, -0.25) is 10.6 Å². The Morgan fingerprint density at radius 2 is 1.92 bits per heavy atom. The minimum Gasteiger partial charge on any atom is -0.309 e. The molecule has 0 atom stereocenters. The van der Waals surface area contributed by atoms with E-state index in [1.54, 1.807) is 0 Å². The molecule has 0 amide bonds. The lowest BCUT2D eigenvalue weighted by Crippen LogP contribution is -2.41. The van der Waals surface area contributed by atoms with Crippen LogP contribution in [0.3, 0.4) is 0 Å². The maximum atomic E-state index is 3.38. The molecule has 0 aromatic carbocycles. The lowest BCUT2D eigenvalue weighted by molar-refractivity contribution is 0.375. The Kier molecular flexibility index (Phi) is 4.58. The minimum absolute atomic E-state index is 1.14. The van der Waals surface area contributed by atoms with Crippen LogP contribution in [-0.4, -0.2) is 38.6 Å². The molecule has 12 heavy (non-hydrogen) atoms. The SMILES string of the molecule is CN(C)CCC[C]1NCCCN1. The van der Waals surface area contributed by atoms with E-state index in [0.717, 1.165) is 19.5 Å². The summed E-state index contributed by atoms with van der Waals surface area (Å²) in [5, 5.41) is 6.76. The summed E-state index contributed by atoms with van der Waals surface area (Å²) >= 11 is 0. The van der Waals surface area contributed by atoms with Gasteiger partial charge >= 0.3 is 0 Å². The summed E-state index contributed by atoms with van der Waals surface area (Å²) in [6.07, 6.45) is 4.99. The van der Waals surface area contributed by atoms with E-state index in [0.29, 0.717) is 0 Å². The van der Waals surface area contributed by atoms with Crippen molar-refractivity contribution < 1.29 is 0 Å². The Morgan fingerprint density at radius 1 is 1.25 bits per heavy atom. The first-order valence-corrected chi connectivity index (χ1v) is 4.77. The zero-order valence-electron chi connectivity index (χ0n) is 8.19. The molecular formula is C9H20N3. The molecule has 71 valence electrons. The van der Waals surface area contributed by atoms with Crippen molar-refractivity contribution in [1.82, 2.24) is 15.5 Å². The van der Waals surface area contributed by atoms with Crippen LogP contribution in [0.15, 0.2) is 0 Å². The van der Waals surface area contributed by atoms with Crippen molar-refractivity contribution in [2.24, 2.45) is 0 Å². The molecule has 0 unspecified atom stereocenters. The number of nitrogens with one attached hydrogen (secondary N) is 2. The van der Waals surface area contributed by atoms with E-state index in [2.05, 4.69) is 29.6 Å². The van der Waals surface area contributed by atoms with Gasteiger partial charge in [-0.15, -0.1) is 0 Å². The highest BCUT2D eigenvalue weighted by molar-refractivity contribution is 4.87. The van der Waals surface area contributed by atoms with Gasteiger partial charge in [0.15, 0.2) is 0 Å². The summed E-state index contributed by atoms with van der Waals surface area (Å²) in [7, 11) is 4.23. The maximum absolute atomic E-state index is 3.38. The Bertz CT molecular complexity index is 108. The van der Waals surface area contributed by atoms with Crippen molar-refractivity contribution in [3.8, 4) is 0 Å². The van der Waals surface area contributed by atoms with Gasteiger partial charge in [0.2, 0.25) is 0 Å². The Labute approximate surface area is 75.5 Å². The fourth-order valence-corrected chi connectivity index (χ4v) is 1.38. The quantitative estimate of drug-likeness (QED) is 0.639. The standard InChI is InChI=1S/C9H20N3/c1-12(2)8-3-5-9-10-6-4-7-11-9/h10-11H,3-8H2,1-2H3. The van der Waals surface area contributed by atoms with E-state index in [4.69, 9.17) is 0 Å². The third-order valence-corrected chi connectivity index (χ3v) is 2.06. The van der Waals surface area contributed by atoms with E-state index in [1.165, 1.54) is 25.6 Å². The summed E-state index contributed by atoms with van der Waals surface area (Å²) in [5.74, 6) is 0. The van der Waals surface area contributed by atoms with Gasteiger partial charge in [-0.2, -0.15) is 0 Å². The summed E-state index contributed by atoms with van der Waals surface area (Å²) < 4.78 is 0. The molecule has 2 N–H and O–H groups in total. The van der Waals surface area contributed by atoms with Crippen molar-refractivity contribution >= 4 is 0 Å². The third-order valence-electron chi connectivity index (χ3n) is 2.06. The topological polar surface area (TPSA) is 27.3 Å². The van der Waals surface area contributed by atoms with Gasteiger partial charge in [0, 0.05) is 0 Å². The molecule has 0 aromatic heterocycles. The molecule has 1 aliphatic rings. The molecule has 1 saturated heterocycles. The highest BCUT2D eigenvalue weighted by Gasteiger charge is 2.11. The Balaban J connectivity index is 1.98. The maximum Gasteiger partial charge on any atom is 0.101 e. The Morgan fingerprint density at radius 3 is 2.50 bits per heavy atom. The van der Waals surface area contributed by atoms with Crippen LogP contribution in [0.1, 0.15) is 19.3 Å². The minimum atomic E-state index is 1.14. The molecule has 3 nitrogen and oxygen atoms in total. The smallest absolute Gasteiger partial charge is 0.101 e. The fourth-order valence-electron chi connectivity index (χ4n) is 1.38. The largest absolute Gasteiger partial charge is 0.309 e. The van der Waals surface area contributed by atoms with E-state index >= 15 is 0 Å². The van der Waals surface area contributed by atoms with E-state index < -0.39 is 0 Å².